The van der Waals surface area contributed by atoms with E-state index in [4.69, 9.17) is 0 Å². The van der Waals surface area contributed by atoms with Gasteiger partial charge in [0.2, 0.25) is 5.91 Å². The summed E-state index contributed by atoms with van der Waals surface area (Å²) in [5.41, 5.74) is 2.00. The third-order valence-electron chi connectivity index (χ3n) is 2.30. The zero-order chi connectivity index (χ0) is 12.8. The number of halogens is 1. The van der Waals surface area contributed by atoms with Gasteiger partial charge in [0, 0.05) is 16.7 Å². The smallest absolute Gasteiger partial charge is 0.238 e. The Morgan fingerprint density at radius 2 is 2.22 bits per heavy atom. The Balaban J connectivity index is 1.75. The van der Waals surface area contributed by atoms with Crippen molar-refractivity contribution in [3.05, 3.63) is 51.1 Å². The van der Waals surface area contributed by atoms with Gasteiger partial charge in [0.1, 0.15) is 0 Å². The highest BCUT2D eigenvalue weighted by Crippen LogP contribution is 2.15. The Hall–Kier alpha value is -1.17. The van der Waals surface area contributed by atoms with E-state index in [9.17, 15) is 4.79 Å². The van der Waals surface area contributed by atoms with E-state index in [0.717, 1.165) is 16.7 Å². The number of thiophene rings is 1. The Morgan fingerprint density at radius 1 is 1.33 bits per heavy atom. The summed E-state index contributed by atoms with van der Waals surface area (Å²) in [5.74, 6) is -0.0386. The molecule has 0 radical (unpaired) electrons. The first-order valence-electron chi connectivity index (χ1n) is 5.51. The first-order valence-corrected chi connectivity index (χ1v) is 7.25. The van der Waals surface area contributed by atoms with E-state index >= 15 is 0 Å². The summed E-state index contributed by atoms with van der Waals surface area (Å²) in [5, 5.41) is 10.0. The summed E-state index contributed by atoms with van der Waals surface area (Å²) in [6.45, 7) is 1.03. The quantitative estimate of drug-likeness (QED) is 0.886. The third kappa shape index (κ3) is 4.25. The zero-order valence-electron chi connectivity index (χ0n) is 9.65. The first-order chi connectivity index (χ1) is 8.74. The van der Waals surface area contributed by atoms with E-state index in [0.29, 0.717) is 6.54 Å². The van der Waals surface area contributed by atoms with Gasteiger partial charge in [0.25, 0.3) is 0 Å². The highest BCUT2D eigenvalue weighted by Gasteiger charge is 2.02. The van der Waals surface area contributed by atoms with Gasteiger partial charge >= 0.3 is 0 Å². The predicted molar refractivity (Wildman–Crippen MR) is 78.8 cm³/mol. The summed E-state index contributed by atoms with van der Waals surface area (Å²) in [7, 11) is 0. The van der Waals surface area contributed by atoms with Crippen LogP contribution in [0.15, 0.2) is 45.6 Å². The standard InChI is InChI=1S/C13H13BrN2OS/c14-11-2-1-3-12(6-11)16-13(17)8-15-7-10-4-5-18-9-10/h1-6,9,15H,7-8H2,(H,16,17). The Morgan fingerprint density at radius 3 is 2.94 bits per heavy atom. The molecule has 0 saturated heterocycles. The monoisotopic (exact) mass is 324 g/mol. The molecule has 5 heteroatoms. The predicted octanol–water partition coefficient (Wildman–Crippen LogP) is 3.24. The number of hydrogen-bond acceptors (Lipinski definition) is 3. The van der Waals surface area contributed by atoms with Gasteiger partial charge < -0.3 is 10.6 Å². The van der Waals surface area contributed by atoms with Crippen LogP contribution in [-0.4, -0.2) is 12.5 Å². The molecule has 1 amide bonds. The Labute approximate surface area is 118 Å². The number of benzene rings is 1. The SMILES string of the molecule is O=C(CNCc1ccsc1)Nc1cccc(Br)c1. The fraction of sp³-hybridized carbons (Fsp3) is 0.154. The second-order valence-electron chi connectivity index (χ2n) is 3.79. The molecular weight excluding hydrogens is 312 g/mol. The molecule has 3 nitrogen and oxygen atoms in total. The van der Waals surface area contributed by atoms with E-state index in [1.165, 1.54) is 5.56 Å². The van der Waals surface area contributed by atoms with Crippen LogP contribution in [0.25, 0.3) is 0 Å². The van der Waals surface area contributed by atoms with Gasteiger partial charge in [-0.15, -0.1) is 0 Å². The van der Waals surface area contributed by atoms with Crippen LogP contribution in [0.3, 0.4) is 0 Å². The summed E-state index contributed by atoms with van der Waals surface area (Å²) in [4.78, 5) is 11.7. The number of anilines is 1. The Kier molecular flexibility index (Phi) is 4.92. The average Bonchev–Trinajstić information content (AvgIpc) is 2.82. The zero-order valence-corrected chi connectivity index (χ0v) is 12.1. The van der Waals surface area contributed by atoms with Crippen molar-refractivity contribution in [2.75, 3.05) is 11.9 Å². The van der Waals surface area contributed by atoms with Gasteiger partial charge in [-0.3, -0.25) is 4.79 Å². The highest BCUT2D eigenvalue weighted by atomic mass is 79.9. The largest absolute Gasteiger partial charge is 0.325 e. The first kappa shape index (κ1) is 13.3. The molecular formula is C13H13BrN2OS. The van der Waals surface area contributed by atoms with Gasteiger partial charge in [-0.2, -0.15) is 11.3 Å². The summed E-state index contributed by atoms with van der Waals surface area (Å²) in [6.07, 6.45) is 0. The highest BCUT2D eigenvalue weighted by molar-refractivity contribution is 9.10. The van der Waals surface area contributed by atoms with Crippen molar-refractivity contribution in [1.82, 2.24) is 5.32 Å². The molecule has 0 unspecified atom stereocenters. The van der Waals surface area contributed by atoms with Crippen molar-refractivity contribution in [3.63, 3.8) is 0 Å². The maximum absolute atomic E-state index is 11.7. The number of hydrogen-bond donors (Lipinski definition) is 2. The molecule has 0 aliphatic heterocycles. The van der Waals surface area contributed by atoms with Gasteiger partial charge in [-0.25, -0.2) is 0 Å². The number of amides is 1. The fourth-order valence-corrected chi connectivity index (χ4v) is 2.55. The van der Waals surface area contributed by atoms with Crippen LogP contribution in [-0.2, 0) is 11.3 Å². The summed E-state index contributed by atoms with van der Waals surface area (Å²) < 4.78 is 0.950. The van der Waals surface area contributed by atoms with E-state index in [-0.39, 0.29) is 5.91 Å². The maximum Gasteiger partial charge on any atom is 0.238 e. The van der Waals surface area contributed by atoms with E-state index in [2.05, 4.69) is 31.9 Å². The number of nitrogens with one attached hydrogen (secondary N) is 2. The summed E-state index contributed by atoms with van der Waals surface area (Å²) >= 11 is 5.02. The van der Waals surface area contributed by atoms with Crippen LogP contribution in [0.2, 0.25) is 0 Å². The second kappa shape index (κ2) is 6.68. The number of carbonyl (C=O) groups excluding carboxylic acids is 1. The normalized spacial score (nSPS) is 10.3. The lowest BCUT2D eigenvalue weighted by Gasteiger charge is -2.06. The van der Waals surface area contributed by atoms with Crippen molar-refractivity contribution in [1.29, 1.82) is 0 Å². The second-order valence-corrected chi connectivity index (χ2v) is 5.49. The van der Waals surface area contributed by atoms with E-state index in [1.807, 2.05) is 35.7 Å². The molecule has 94 valence electrons. The lowest BCUT2D eigenvalue weighted by Crippen LogP contribution is -2.27. The van der Waals surface area contributed by atoms with Gasteiger partial charge in [0.05, 0.1) is 6.54 Å². The summed E-state index contributed by atoms with van der Waals surface area (Å²) in [6, 6.07) is 9.59. The van der Waals surface area contributed by atoms with E-state index in [1.54, 1.807) is 11.3 Å². The van der Waals surface area contributed by atoms with Gasteiger partial charge in [-0.05, 0) is 40.6 Å². The molecule has 0 bridgehead atoms. The van der Waals surface area contributed by atoms with Crippen molar-refractivity contribution in [2.24, 2.45) is 0 Å². The molecule has 18 heavy (non-hydrogen) atoms. The van der Waals surface area contributed by atoms with E-state index < -0.39 is 0 Å². The van der Waals surface area contributed by atoms with Crippen molar-refractivity contribution in [2.45, 2.75) is 6.54 Å². The molecule has 0 spiro atoms. The molecule has 0 aliphatic rings. The minimum absolute atomic E-state index is 0.0386. The van der Waals surface area contributed by atoms with Gasteiger partial charge in [-0.1, -0.05) is 22.0 Å². The lowest BCUT2D eigenvalue weighted by atomic mass is 10.3. The molecule has 1 heterocycles. The molecule has 2 N–H and O–H groups in total. The molecule has 1 aromatic carbocycles. The van der Waals surface area contributed by atoms with Crippen molar-refractivity contribution >= 4 is 38.9 Å². The molecule has 2 aromatic rings. The molecule has 0 fully saturated rings. The van der Waals surface area contributed by atoms with Gasteiger partial charge in [0.15, 0.2) is 0 Å². The van der Waals surface area contributed by atoms with Crippen molar-refractivity contribution < 1.29 is 4.79 Å². The number of carbonyl (C=O) groups is 1. The molecule has 0 aliphatic carbocycles. The van der Waals surface area contributed by atoms with Crippen LogP contribution < -0.4 is 10.6 Å². The minimum Gasteiger partial charge on any atom is -0.325 e. The molecule has 1 aromatic heterocycles. The average molecular weight is 325 g/mol. The van der Waals surface area contributed by atoms with Crippen LogP contribution in [0.5, 0.6) is 0 Å². The van der Waals surface area contributed by atoms with Crippen LogP contribution in [0.4, 0.5) is 5.69 Å². The third-order valence-corrected chi connectivity index (χ3v) is 3.53. The molecule has 0 saturated carbocycles. The fourth-order valence-electron chi connectivity index (χ4n) is 1.49. The topological polar surface area (TPSA) is 41.1 Å². The molecule has 0 atom stereocenters. The minimum atomic E-state index is -0.0386. The lowest BCUT2D eigenvalue weighted by molar-refractivity contribution is -0.115. The van der Waals surface area contributed by atoms with Crippen molar-refractivity contribution in [3.8, 4) is 0 Å². The van der Waals surface area contributed by atoms with Crippen LogP contribution >= 0.6 is 27.3 Å². The maximum atomic E-state index is 11.7. The number of rotatable bonds is 5. The van der Waals surface area contributed by atoms with Crippen LogP contribution in [0, 0.1) is 0 Å². The van der Waals surface area contributed by atoms with Crippen LogP contribution in [0.1, 0.15) is 5.56 Å². The Bertz CT molecular complexity index is 513. The molecule has 2 rings (SSSR count).